The van der Waals surface area contributed by atoms with Crippen LogP contribution in [0.15, 0.2) is 18.2 Å². The summed E-state index contributed by atoms with van der Waals surface area (Å²) in [6, 6.07) is 1.67. The lowest BCUT2D eigenvalue weighted by Gasteiger charge is -2.00. The Bertz CT molecular complexity index is 552. The van der Waals surface area contributed by atoms with Crippen molar-refractivity contribution >= 4 is 21.9 Å². The van der Waals surface area contributed by atoms with Crippen LogP contribution in [0.5, 0.6) is 5.75 Å². The molecule has 1 aromatic carbocycles. The molecule has 0 saturated carbocycles. The Morgan fingerprint density at radius 1 is 1.06 bits per heavy atom. The predicted octanol–water partition coefficient (Wildman–Crippen LogP) is 1.10. The van der Waals surface area contributed by atoms with E-state index < -0.39 is 37.5 Å². The molecule has 0 radical (unpaired) electrons. The molecule has 0 bridgehead atoms. The molecule has 1 aromatic rings. The highest BCUT2D eigenvalue weighted by Crippen LogP contribution is 2.28. The molecule has 0 heterocycles. The third-order valence-electron chi connectivity index (χ3n) is 1.49. The van der Waals surface area contributed by atoms with Crippen molar-refractivity contribution in [3.63, 3.8) is 0 Å². The van der Waals surface area contributed by atoms with E-state index in [9.17, 15) is 32.5 Å². The fourth-order valence-corrected chi connectivity index (χ4v) is 1.27. The van der Waals surface area contributed by atoms with Crippen LogP contribution in [0.2, 0.25) is 0 Å². The Hall–Kier alpha value is -2.30. The summed E-state index contributed by atoms with van der Waals surface area (Å²) in [4.78, 5) is 18.7. The summed E-state index contributed by atoms with van der Waals surface area (Å²) >= 11 is 0. The van der Waals surface area contributed by atoms with E-state index in [-0.39, 0.29) is 0 Å². The van der Waals surface area contributed by atoms with E-state index in [1.165, 1.54) is 0 Å². The van der Waals surface area contributed by atoms with Crippen LogP contribution in [0.4, 0.5) is 15.3 Å². The number of benzene rings is 1. The summed E-state index contributed by atoms with van der Waals surface area (Å²) in [6.07, 6.45) is 0. The van der Waals surface area contributed by atoms with Crippen molar-refractivity contribution in [3.8, 4) is 5.75 Å². The van der Waals surface area contributed by atoms with Crippen LogP contribution in [0.25, 0.3) is 0 Å². The fourth-order valence-electron chi connectivity index (χ4n) is 0.942. The van der Waals surface area contributed by atoms with Gasteiger partial charge in [-0.05, 0) is 0 Å². The third kappa shape index (κ3) is 3.64. The maximum absolute atomic E-state index is 12.2. The quantitative estimate of drug-likeness (QED) is 0.453. The third-order valence-corrected chi connectivity index (χ3v) is 1.88. The van der Waals surface area contributed by atoms with E-state index in [1.54, 1.807) is 0 Å². The summed E-state index contributed by atoms with van der Waals surface area (Å²) in [6.45, 7) is 0. The maximum atomic E-state index is 12.2. The molecule has 0 aliphatic carbocycles. The van der Waals surface area contributed by atoms with Gasteiger partial charge in [-0.15, -0.1) is 0 Å². The van der Waals surface area contributed by atoms with E-state index in [0.29, 0.717) is 18.2 Å². The molecule has 0 aromatic heterocycles. The molecule has 0 amide bonds. The van der Waals surface area contributed by atoms with Crippen molar-refractivity contribution in [2.75, 3.05) is 0 Å². The summed E-state index contributed by atoms with van der Waals surface area (Å²) in [7, 11) is -5.41. The van der Waals surface area contributed by atoms with E-state index in [4.69, 9.17) is 0 Å². The van der Waals surface area contributed by atoms with Gasteiger partial charge in [-0.25, -0.2) is 0 Å². The molecule has 92 valence electrons. The molecule has 1 rings (SSSR count). The Kier molecular flexibility index (Phi) is 3.22. The van der Waals surface area contributed by atoms with Gasteiger partial charge < -0.3 is 4.18 Å². The number of rotatable bonds is 4. The average Bonchev–Trinajstić information content (AvgIpc) is 2.14. The molecule has 17 heavy (non-hydrogen) atoms. The number of non-ortho nitro benzene ring substituents is 2. The minimum atomic E-state index is -5.41. The summed E-state index contributed by atoms with van der Waals surface area (Å²) in [5.74, 6) is -0.853. The lowest BCUT2D eigenvalue weighted by atomic mass is 10.2. The first-order valence-corrected chi connectivity index (χ1v) is 5.08. The van der Waals surface area contributed by atoms with Crippen molar-refractivity contribution < 1.29 is 26.3 Å². The van der Waals surface area contributed by atoms with Gasteiger partial charge in [-0.2, -0.15) is 8.42 Å². The highest BCUT2D eigenvalue weighted by atomic mass is 32.3. The van der Waals surface area contributed by atoms with E-state index >= 15 is 0 Å². The number of nitro groups is 2. The standard InChI is InChI=1S/C6H3FN2O7S/c7-17(14,15)16-6-2-4(8(10)11)1-5(3-6)9(12)13/h1-3H. The molecule has 0 fully saturated rings. The average molecular weight is 266 g/mol. The largest absolute Gasteiger partial charge is 0.488 e. The lowest BCUT2D eigenvalue weighted by molar-refractivity contribution is -0.394. The summed E-state index contributed by atoms with van der Waals surface area (Å²) in [5, 5.41) is 20.8. The van der Waals surface area contributed by atoms with Gasteiger partial charge in [0.1, 0.15) is 0 Å². The molecule has 0 atom stereocenters. The molecule has 0 N–H and O–H groups in total. The first-order valence-electron chi connectivity index (χ1n) is 3.77. The highest BCUT2D eigenvalue weighted by Gasteiger charge is 2.20. The molecule has 0 spiro atoms. The smallest absolute Gasteiger partial charge is 0.358 e. The molecule has 0 aliphatic rings. The molecular weight excluding hydrogens is 263 g/mol. The lowest BCUT2D eigenvalue weighted by Crippen LogP contribution is -2.02. The van der Waals surface area contributed by atoms with Gasteiger partial charge in [0, 0.05) is 0 Å². The van der Waals surface area contributed by atoms with Gasteiger partial charge in [0.25, 0.3) is 11.4 Å². The van der Waals surface area contributed by atoms with E-state index in [1.807, 2.05) is 0 Å². The minimum Gasteiger partial charge on any atom is -0.358 e. The number of hydrogen-bond donors (Lipinski definition) is 0. The monoisotopic (exact) mass is 266 g/mol. The molecule has 0 aliphatic heterocycles. The Morgan fingerprint density at radius 3 is 1.76 bits per heavy atom. The normalized spacial score (nSPS) is 10.9. The Balaban J connectivity index is 3.31. The van der Waals surface area contributed by atoms with Crippen LogP contribution in [0.3, 0.4) is 0 Å². The number of hydrogen-bond acceptors (Lipinski definition) is 7. The van der Waals surface area contributed by atoms with Gasteiger partial charge >= 0.3 is 10.5 Å². The zero-order valence-corrected chi connectivity index (χ0v) is 8.59. The molecular formula is C6H3FN2O7S. The molecule has 9 nitrogen and oxygen atoms in total. The van der Waals surface area contributed by atoms with Gasteiger partial charge in [-0.1, -0.05) is 3.89 Å². The van der Waals surface area contributed by atoms with Crippen molar-refractivity contribution in [3.05, 3.63) is 38.4 Å². The van der Waals surface area contributed by atoms with Crippen molar-refractivity contribution in [2.24, 2.45) is 0 Å². The maximum Gasteiger partial charge on any atom is 0.488 e. The van der Waals surface area contributed by atoms with Crippen LogP contribution in [0.1, 0.15) is 0 Å². The number of nitrogens with zero attached hydrogens (tertiary/aromatic N) is 2. The zero-order chi connectivity index (χ0) is 13.2. The minimum absolute atomic E-state index is 0.546. The summed E-state index contributed by atoms with van der Waals surface area (Å²) < 4.78 is 36.1. The van der Waals surface area contributed by atoms with Gasteiger partial charge in [-0.3, -0.25) is 20.2 Å². The van der Waals surface area contributed by atoms with Crippen LogP contribution >= 0.6 is 0 Å². The van der Waals surface area contributed by atoms with Gasteiger partial charge in [0.2, 0.25) is 0 Å². The van der Waals surface area contributed by atoms with Crippen molar-refractivity contribution in [2.45, 2.75) is 0 Å². The topological polar surface area (TPSA) is 130 Å². The molecule has 0 unspecified atom stereocenters. The number of halogens is 1. The second-order valence-electron chi connectivity index (χ2n) is 2.68. The summed E-state index contributed by atoms with van der Waals surface area (Å²) in [5.41, 5.74) is -1.59. The second kappa shape index (κ2) is 4.29. The second-order valence-corrected chi connectivity index (χ2v) is 3.63. The Labute approximate surface area is 93.1 Å². The molecule has 11 heteroatoms. The fraction of sp³-hybridized carbons (Fsp3) is 0. The van der Waals surface area contributed by atoms with Crippen molar-refractivity contribution in [1.82, 2.24) is 0 Å². The first kappa shape index (κ1) is 12.8. The number of nitro benzene ring substituents is 2. The van der Waals surface area contributed by atoms with Crippen LogP contribution in [0, 0.1) is 20.2 Å². The van der Waals surface area contributed by atoms with Crippen LogP contribution in [-0.2, 0) is 10.5 Å². The zero-order valence-electron chi connectivity index (χ0n) is 7.77. The predicted molar refractivity (Wildman–Crippen MR) is 50.4 cm³/mol. The molecule has 0 saturated heterocycles. The first-order chi connectivity index (χ1) is 7.69. The van der Waals surface area contributed by atoms with Gasteiger partial charge in [0.15, 0.2) is 5.75 Å². The van der Waals surface area contributed by atoms with E-state index in [0.717, 1.165) is 0 Å². The van der Waals surface area contributed by atoms with Crippen molar-refractivity contribution in [1.29, 1.82) is 0 Å². The Morgan fingerprint density at radius 2 is 1.47 bits per heavy atom. The van der Waals surface area contributed by atoms with E-state index in [2.05, 4.69) is 4.18 Å². The SMILES string of the molecule is O=[N+]([O-])c1cc(OS(=O)(=O)F)cc([N+](=O)[O-])c1. The van der Waals surface area contributed by atoms with Gasteiger partial charge in [0.05, 0.1) is 28.0 Å². The van der Waals surface area contributed by atoms with Crippen LogP contribution in [-0.4, -0.2) is 18.3 Å². The van der Waals surface area contributed by atoms with Crippen LogP contribution < -0.4 is 4.18 Å². The highest BCUT2D eigenvalue weighted by molar-refractivity contribution is 7.81.